The Morgan fingerprint density at radius 1 is 1.05 bits per heavy atom. The van der Waals surface area contributed by atoms with Crippen molar-refractivity contribution >= 4 is 33.8 Å². The molecule has 0 atom stereocenters. The Morgan fingerprint density at radius 3 is 2.11 bits per heavy atom. The quantitative estimate of drug-likeness (QED) is 0.777. The molecule has 19 heavy (non-hydrogen) atoms. The maximum atomic E-state index is 12.0. The van der Waals surface area contributed by atoms with Crippen molar-refractivity contribution in [3.05, 3.63) is 34.3 Å². The van der Waals surface area contributed by atoms with E-state index in [0.29, 0.717) is 0 Å². The molecule has 0 spiro atoms. The van der Waals surface area contributed by atoms with Gasteiger partial charge in [0.05, 0.1) is 0 Å². The van der Waals surface area contributed by atoms with Crippen molar-refractivity contribution in [1.29, 1.82) is 0 Å². The van der Waals surface area contributed by atoms with E-state index in [-0.39, 0.29) is 6.42 Å². The Balaban J connectivity index is 2.29. The summed E-state index contributed by atoms with van der Waals surface area (Å²) in [4.78, 5) is 37.7. The van der Waals surface area contributed by atoms with Crippen molar-refractivity contribution in [1.82, 2.24) is 9.80 Å². The minimum absolute atomic E-state index is 0.279. The Morgan fingerprint density at radius 2 is 1.58 bits per heavy atom. The Bertz CT molecular complexity index is 535. The first-order valence-electron chi connectivity index (χ1n) is 5.76. The van der Waals surface area contributed by atoms with Crippen LogP contribution in [0.4, 0.5) is 4.79 Å². The number of halogens is 1. The highest BCUT2D eigenvalue weighted by atomic mass is 79.9. The summed E-state index contributed by atoms with van der Waals surface area (Å²) in [6, 6.07) is 6.82. The molecule has 4 amide bonds. The van der Waals surface area contributed by atoms with E-state index < -0.39 is 23.8 Å². The highest BCUT2D eigenvalue weighted by Crippen LogP contribution is 2.24. The van der Waals surface area contributed by atoms with E-state index in [4.69, 9.17) is 0 Å². The lowest BCUT2D eigenvalue weighted by Gasteiger charge is -2.32. The number of urea groups is 1. The molecule has 1 heterocycles. The molecular formula is C13H13BrN2O3. The maximum Gasteiger partial charge on any atom is 0.332 e. The van der Waals surface area contributed by atoms with E-state index >= 15 is 0 Å². The third-order valence-corrected chi connectivity index (χ3v) is 3.99. The van der Waals surface area contributed by atoms with Gasteiger partial charge in [-0.1, -0.05) is 34.1 Å². The number of rotatable bonds is 2. The predicted molar refractivity (Wildman–Crippen MR) is 72.3 cm³/mol. The molecule has 2 rings (SSSR count). The summed E-state index contributed by atoms with van der Waals surface area (Å²) in [5.74, 6) is -1.75. The van der Waals surface area contributed by atoms with Crippen molar-refractivity contribution in [3.8, 4) is 0 Å². The second-order valence-electron chi connectivity index (χ2n) is 4.43. The summed E-state index contributed by atoms with van der Waals surface area (Å²) in [5, 5.41) is 0. The molecule has 1 fully saturated rings. The van der Waals surface area contributed by atoms with Gasteiger partial charge in [0.15, 0.2) is 0 Å². The first kappa shape index (κ1) is 13.7. The highest BCUT2D eigenvalue weighted by molar-refractivity contribution is 9.10. The van der Waals surface area contributed by atoms with Crippen LogP contribution in [0.1, 0.15) is 5.56 Å². The Kier molecular flexibility index (Phi) is 3.71. The SMILES string of the molecule is CN1C(=O)C(Cc2ccccc2Br)C(=O)N(C)C1=O. The van der Waals surface area contributed by atoms with Crippen molar-refractivity contribution in [2.45, 2.75) is 6.42 Å². The Hall–Kier alpha value is -1.69. The molecular weight excluding hydrogens is 312 g/mol. The maximum absolute atomic E-state index is 12.0. The topological polar surface area (TPSA) is 57.7 Å². The van der Waals surface area contributed by atoms with Gasteiger partial charge in [0.2, 0.25) is 11.8 Å². The molecule has 1 aromatic rings. The van der Waals surface area contributed by atoms with Gasteiger partial charge in [0.25, 0.3) is 0 Å². The van der Waals surface area contributed by atoms with Crippen LogP contribution in [-0.2, 0) is 16.0 Å². The van der Waals surface area contributed by atoms with Crippen LogP contribution in [-0.4, -0.2) is 41.7 Å². The fourth-order valence-corrected chi connectivity index (χ4v) is 2.49. The van der Waals surface area contributed by atoms with E-state index in [2.05, 4.69) is 15.9 Å². The molecule has 100 valence electrons. The van der Waals surface area contributed by atoms with Crippen molar-refractivity contribution in [3.63, 3.8) is 0 Å². The van der Waals surface area contributed by atoms with Crippen LogP contribution >= 0.6 is 15.9 Å². The molecule has 0 radical (unpaired) electrons. The van der Waals surface area contributed by atoms with E-state index in [0.717, 1.165) is 19.8 Å². The van der Waals surface area contributed by atoms with Gasteiger partial charge in [-0.3, -0.25) is 19.4 Å². The lowest BCUT2D eigenvalue weighted by Crippen LogP contribution is -2.57. The Labute approximate surface area is 119 Å². The smallest absolute Gasteiger partial charge is 0.273 e. The molecule has 0 bridgehead atoms. The number of hydrogen-bond acceptors (Lipinski definition) is 3. The van der Waals surface area contributed by atoms with Crippen LogP contribution in [0.3, 0.4) is 0 Å². The summed E-state index contributed by atoms with van der Waals surface area (Å²) in [7, 11) is 2.78. The number of imide groups is 2. The summed E-state index contributed by atoms with van der Waals surface area (Å²) >= 11 is 3.39. The van der Waals surface area contributed by atoms with Gasteiger partial charge in [0.1, 0.15) is 5.92 Å². The highest BCUT2D eigenvalue weighted by Gasteiger charge is 2.42. The number of amides is 4. The minimum atomic E-state index is -0.841. The third-order valence-electron chi connectivity index (χ3n) is 3.21. The van der Waals surface area contributed by atoms with Crippen molar-refractivity contribution in [2.75, 3.05) is 14.1 Å². The number of barbiturate groups is 1. The summed E-state index contributed by atoms with van der Waals surface area (Å²) < 4.78 is 0.845. The van der Waals surface area contributed by atoms with Crippen LogP contribution in [0.5, 0.6) is 0 Å². The molecule has 0 saturated carbocycles. The van der Waals surface area contributed by atoms with Crippen molar-refractivity contribution < 1.29 is 14.4 Å². The average molecular weight is 325 g/mol. The van der Waals surface area contributed by atoms with Gasteiger partial charge >= 0.3 is 6.03 Å². The predicted octanol–water partition coefficient (Wildman–Crippen LogP) is 1.66. The number of hydrogen-bond donors (Lipinski definition) is 0. The van der Waals surface area contributed by atoms with Crippen LogP contribution in [0, 0.1) is 5.92 Å². The van der Waals surface area contributed by atoms with E-state index in [1.54, 1.807) is 0 Å². The lowest BCUT2D eigenvalue weighted by atomic mass is 9.95. The van der Waals surface area contributed by atoms with Gasteiger partial charge in [-0.2, -0.15) is 0 Å². The second-order valence-corrected chi connectivity index (χ2v) is 5.28. The molecule has 1 aliphatic rings. The standard InChI is InChI=1S/C13H13BrN2O3/c1-15-11(17)9(12(18)16(2)13(15)19)7-8-5-3-4-6-10(8)14/h3-6,9H,7H2,1-2H3. The first-order valence-corrected chi connectivity index (χ1v) is 6.55. The van der Waals surface area contributed by atoms with Crippen LogP contribution in [0.15, 0.2) is 28.7 Å². The first-order chi connectivity index (χ1) is 8.93. The fourth-order valence-electron chi connectivity index (χ4n) is 2.05. The van der Waals surface area contributed by atoms with E-state index in [9.17, 15) is 14.4 Å². The molecule has 1 aromatic carbocycles. The lowest BCUT2D eigenvalue weighted by molar-refractivity contribution is -0.147. The zero-order valence-electron chi connectivity index (χ0n) is 10.6. The molecule has 5 nitrogen and oxygen atoms in total. The number of carbonyl (C=O) groups is 3. The zero-order valence-corrected chi connectivity index (χ0v) is 12.2. The van der Waals surface area contributed by atoms with Gasteiger partial charge < -0.3 is 0 Å². The van der Waals surface area contributed by atoms with Crippen LogP contribution in [0.2, 0.25) is 0 Å². The summed E-state index contributed by atoms with van der Waals surface area (Å²) in [6.07, 6.45) is 0.279. The summed E-state index contributed by atoms with van der Waals surface area (Å²) in [5.41, 5.74) is 0.866. The summed E-state index contributed by atoms with van der Waals surface area (Å²) in [6.45, 7) is 0. The fraction of sp³-hybridized carbons (Fsp3) is 0.308. The van der Waals surface area contributed by atoms with Crippen LogP contribution < -0.4 is 0 Å². The number of nitrogens with zero attached hydrogens (tertiary/aromatic N) is 2. The molecule has 0 unspecified atom stereocenters. The van der Waals surface area contributed by atoms with Crippen LogP contribution in [0.25, 0.3) is 0 Å². The number of benzene rings is 1. The van der Waals surface area contributed by atoms with Gasteiger partial charge in [0, 0.05) is 18.6 Å². The molecule has 1 saturated heterocycles. The second kappa shape index (κ2) is 5.13. The molecule has 0 aliphatic carbocycles. The molecule has 1 aliphatic heterocycles. The largest absolute Gasteiger partial charge is 0.332 e. The third kappa shape index (κ3) is 2.40. The molecule has 0 aromatic heterocycles. The van der Waals surface area contributed by atoms with E-state index in [1.807, 2.05) is 24.3 Å². The van der Waals surface area contributed by atoms with Gasteiger partial charge in [-0.25, -0.2) is 4.79 Å². The normalized spacial score (nSPS) is 17.3. The monoisotopic (exact) mass is 324 g/mol. The van der Waals surface area contributed by atoms with Gasteiger partial charge in [-0.15, -0.1) is 0 Å². The minimum Gasteiger partial charge on any atom is -0.273 e. The molecule has 0 N–H and O–H groups in total. The van der Waals surface area contributed by atoms with Gasteiger partial charge in [-0.05, 0) is 18.1 Å². The molecule has 6 heteroatoms. The van der Waals surface area contributed by atoms with E-state index in [1.165, 1.54) is 14.1 Å². The zero-order chi connectivity index (χ0) is 14.2. The average Bonchev–Trinajstić information content (AvgIpc) is 2.41. The van der Waals surface area contributed by atoms with Crippen molar-refractivity contribution in [2.24, 2.45) is 5.92 Å². The number of carbonyl (C=O) groups excluding carboxylic acids is 3.